The number of nitrogens with one attached hydrogen (secondary N) is 1. The van der Waals surface area contributed by atoms with Crippen molar-refractivity contribution in [1.82, 2.24) is 10.2 Å². The number of urea groups is 1. The molecule has 1 saturated carbocycles. The molecule has 0 bridgehead atoms. The molecule has 1 fully saturated rings. The zero-order valence-electron chi connectivity index (χ0n) is 12.6. The average Bonchev–Trinajstić information content (AvgIpc) is 2.55. The van der Waals surface area contributed by atoms with E-state index in [0.29, 0.717) is 19.4 Å². The van der Waals surface area contributed by atoms with Crippen LogP contribution in [0.25, 0.3) is 0 Å². The fraction of sp³-hybridized carbons (Fsp3) is 0.529. The third-order valence-corrected chi connectivity index (χ3v) is 4.82. The molecular weight excluding hydrogens is 280 g/mol. The van der Waals surface area contributed by atoms with Crippen molar-refractivity contribution in [2.45, 2.75) is 44.7 Å². The molecular formula is C17H22N2O3. The maximum Gasteiger partial charge on any atom is 0.317 e. The zero-order chi connectivity index (χ0) is 15.5. The molecule has 0 saturated heterocycles. The van der Waals surface area contributed by atoms with Crippen molar-refractivity contribution < 1.29 is 14.7 Å². The molecule has 2 aliphatic rings. The van der Waals surface area contributed by atoms with Gasteiger partial charge in [0.15, 0.2) is 0 Å². The van der Waals surface area contributed by atoms with Crippen LogP contribution in [0.3, 0.4) is 0 Å². The van der Waals surface area contributed by atoms with E-state index in [9.17, 15) is 9.59 Å². The number of nitrogens with zero attached hydrogens (tertiary/aromatic N) is 1. The van der Waals surface area contributed by atoms with Crippen molar-refractivity contribution in [3.8, 4) is 0 Å². The van der Waals surface area contributed by atoms with Gasteiger partial charge < -0.3 is 15.3 Å². The van der Waals surface area contributed by atoms with Crippen LogP contribution in [0.1, 0.15) is 36.8 Å². The molecule has 22 heavy (non-hydrogen) atoms. The lowest BCUT2D eigenvalue weighted by Gasteiger charge is -2.32. The summed E-state index contributed by atoms with van der Waals surface area (Å²) >= 11 is 0. The molecule has 0 unspecified atom stereocenters. The summed E-state index contributed by atoms with van der Waals surface area (Å²) in [4.78, 5) is 25.2. The van der Waals surface area contributed by atoms with Crippen molar-refractivity contribution in [3.63, 3.8) is 0 Å². The van der Waals surface area contributed by atoms with Gasteiger partial charge in [0.2, 0.25) is 0 Å². The molecule has 2 amide bonds. The van der Waals surface area contributed by atoms with Crippen molar-refractivity contribution in [1.29, 1.82) is 0 Å². The monoisotopic (exact) mass is 302 g/mol. The van der Waals surface area contributed by atoms with Crippen molar-refractivity contribution in [3.05, 3.63) is 35.4 Å². The fourth-order valence-electron chi connectivity index (χ4n) is 3.42. The number of carboxylic acids is 1. The minimum atomic E-state index is -0.711. The smallest absolute Gasteiger partial charge is 0.317 e. The van der Waals surface area contributed by atoms with Gasteiger partial charge in [-0.05, 0) is 43.2 Å². The van der Waals surface area contributed by atoms with E-state index in [2.05, 4.69) is 17.4 Å². The summed E-state index contributed by atoms with van der Waals surface area (Å²) in [7, 11) is 0. The van der Waals surface area contributed by atoms with Gasteiger partial charge >= 0.3 is 12.0 Å². The second-order valence-corrected chi connectivity index (χ2v) is 6.28. The first-order valence-corrected chi connectivity index (χ1v) is 7.98. The van der Waals surface area contributed by atoms with E-state index in [1.54, 1.807) is 0 Å². The normalized spacial score (nSPS) is 24.5. The number of hydrogen-bond donors (Lipinski definition) is 2. The summed E-state index contributed by atoms with van der Waals surface area (Å²) in [6.45, 7) is 1.40. The molecule has 3 rings (SSSR count). The molecule has 0 aromatic heterocycles. The number of rotatable bonds is 2. The Balaban J connectivity index is 1.52. The van der Waals surface area contributed by atoms with Crippen LogP contribution in [-0.2, 0) is 17.8 Å². The first-order chi connectivity index (χ1) is 10.6. The van der Waals surface area contributed by atoms with Gasteiger partial charge in [-0.1, -0.05) is 24.3 Å². The van der Waals surface area contributed by atoms with Crippen molar-refractivity contribution >= 4 is 12.0 Å². The van der Waals surface area contributed by atoms with Gasteiger partial charge in [-0.3, -0.25) is 4.79 Å². The van der Waals surface area contributed by atoms with E-state index in [1.807, 2.05) is 17.0 Å². The quantitative estimate of drug-likeness (QED) is 0.881. The Labute approximate surface area is 130 Å². The summed E-state index contributed by atoms with van der Waals surface area (Å²) in [5, 5.41) is 12.1. The van der Waals surface area contributed by atoms with E-state index < -0.39 is 5.97 Å². The molecule has 2 N–H and O–H groups in total. The van der Waals surface area contributed by atoms with Crippen LogP contribution >= 0.6 is 0 Å². The highest BCUT2D eigenvalue weighted by Gasteiger charge is 2.28. The molecule has 1 aromatic carbocycles. The molecule has 1 aliphatic heterocycles. The van der Waals surface area contributed by atoms with Crippen LogP contribution in [-0.4, -0.2) is 34.6 Å². The summed E-state index contributed by atoms with van der Waals surface area (Å²) in [5.74, 6) is -0.951. The van der Waals surface area contributed by atoms with Gasteiger partial charge in [-0.2, -0.15) is 0 Å². The summed E-state index contributed by atoms with van der Waals surface area (Å²) in [6, 6.07) is 8.33. The van der Waals surface area contributed by atoms with Crippen molar-refractivity contribution in [2.75, 3.05) is 6.54 Å². The topological polar surface area (TPSA) is 69.6 Å². The van der Waals surface area contributed by atoms with Crippen LogP contribution in [0.2, 0.25) is 0 Å². The first kappa shape index (κ1) is 14.9. The number of fused-ring (bicyclic) bond motifs is 1. The van der Waals surface area contributed by atoms with Gasteiger partial charge in [0.1, 0.15) is 0 Å². The van der Waals surface area contributed by atoms with Crippen LogP contribution in [0.15, 0.2) is 24.3 Å². The minimum Gasteiger partial charge on any atom is -0.481 e. The largest absolute Gasteiger partial charge is 0.481 e. The summed E-state index contributed by atoms with van der Waals surface area (Å²) in [5.41, 5.74) is 2.55. The van der Waals surface area contributed by atoms with E-state index in [0.717, 1.165) is 25.8 Å². The van der Waals surface area contributed by atoms with Gasteiger partial charge in [-0.15, -0.1) is 0 Å². The highest BCUT2D eigenvalue weighted by atomic mass is 16.4. The van der Waals surface area contributed by atoms with Crippen molar-refractivity contribution in [2.24, 2.45) is 5.92 Å². The van der Waals surface area contributed by atoms with E-state index in [1.165, 1.54) is 11.1 Å². The predicted molar refractivity (Wildman–Crippen MR) is 82.5 cm³/mol. The van der Waals surface area contributed by atoms with Gasteiger partial charge in [-0.25, -0.2) is 4.79 Å². The molecule has 5 nitrogen and oxygen atoms in total. The Kier molecular flexibility index (Phi) is 4.32. The lowest BCUT2D eigenvalue weighted by molar-refractivity contribution is -0.142. The number of carboxylic acid groups (broad SMARTS) is 1. The number of aliphatic carboxylic acids is 1. The molecule has 0 spiro atoms. The standard InChI is InChI=1S/C17H22N2O3/c20-16(21)13-5-7-15(8-6-13)18-17(22)19-10-9-12-3-1-2-4-14(12)11-19/h1-4,13,15H,5-11H2,(H,18,22)(H,20,21). The highest BCUT2D eigenvalue weighted by Crippen LogP contribution is 2.25. The number of benzene rings is 1. The SMILES string of the molecule is O=C(O)C1CCC(NC(=O)N2CCc3ccccc3C2)CC1. The first-order valence-electron chi connectivity index (χ1n) is 7.98. The Morgan fingerprint density at radius 2 is 1.77 bits per heavy atom. The Hall–Kier alpha value is -2.04. The lowest BCUT2D eigenvalue weighted by Crippen LogP contribution is -2.47. The third-order valence-electron chi connectivity index (χ3n) is 4.82. The second kappa shape index (κ2) is 6.38. The van der Waals surface area contributed by atoms with E-state index in [-0.39, 0.29) is 18.0 Å². The molecule has 118 valence electrons. The van der Waals surface area contributed by atoms with E-state index >= 15 is 0 Å². The molecule has 0 atom stereocenters. The lowest BCUT2D eigenvalue weighted by atomic mass is 9.86. The van der Waals surface area contributed by atoms with Crippen LogP contribution in [0, 0.1) is 5.92 Å². The molecule has 0 radical (unpaired) electrons. The number of carbonyl (C=O) groups is 2. The number of amides is 2. The average molecular weight is 302 g/mol. The minimum absolute atomic E-state index is 0.0201. The number of carbonyl (C=O) groups excluding carboxylic acids is 1. The Bertz CT molecular complexity index is 565. The maximum absolute atomic E-state index is 12.4. The van der Waals surface area contributed by atoms with Crippen LogP contribution < -0.4 is 5.32 Å². The Morgan fingerprint density at radius 3 is 2.45 bits per heavy atom. The number of hydrogen-bond acceptors (Lipinski definition) is 2. The summed E-state index contributed by atoms with van der Waals surface area (Å²) in [6.07, 6.45) is 3.72. The van der Waals surface area contributed by atoms with Gasteiger partial charge in [0, 0.05) is 19.1 Å². The Morgan fingerprint density at radius 1 is 1.09 bits per heavy atom. The molecule has 1 aliphatic carbocycles. The summed E-state index contributed by atoms with van der Waals surface area (Å²) < 4.78 is 0. The van der Waals surface area contributed by atoms with Crippen LogP contribution in [0.5, 0.6) is 0 Å². The predicted octanol–water partition coefficient (Wildman–Crippen LogP) is 2.40. The van der Waals surface area contributed by atoms with Gasteiger partial charge in [0.25, 0.3) is 0 Å². The zero-order valence-corrected chi connectivity index (χ0v) is 12.6. The maximum atomic E-state index is 12.4. The van der Waals surface area contributed by atoms with Gasteiger partial charge in [0.05, 0.1) is 5.92 Å². The third kappa shape index (κ3) is 3.24. The molecule has 1 heterocycles. The molecule has 5 heteroatoms. The second-order valence-electron chi connectivity index (χ2n) is 6.28. The van der Waals surface area contributed by atoms with E-state index in [4.69, 9.17) is 5.11 Å². The molecule has 1 aromatic rings. The van der Waals surface area contributed by atoms with Crippen LogP contribution in [0.4, 0.5) is 4.79 Å². The fourth-order valence-corrected chi connectivity index (χ4v) is 3.42. The highest BCUT2D eigenvalue weighted by molar-refractivity contribution is 5.75.